The van der Waals surface area contributed by atoms with Gasteiger partial charge in [0.25, 0.3) is 0 Å². The molecule has 0 saturated heterocycles. The molecule has 1 aromatic carbocycles. The Hall–Kier alpha value is -1.37. The van der Waals surface area contributed by atoms with E-state index in [1.54, 1.807) is 11.8 Å². The van der Waals surface area contributed by atoms with Crippen molar-refractivity contribution in [2.45, 2.75) is 18.8 Å². The van der Waals surface area contributed by atoms with Gasteiger partial charge in [-0.2, -0.15) is 0 Å². The first-order valence-corrected chi connectivity index (χ1v) is 8.76. The molecular weight excluding hydrogens is 304 g/mol. The minimum atomic E-state index is 0.00273. The van der Waals surface area contributed by atoms with Gasteiger partial charge in [0.15, 0.2) is 5.13 Å². The van der Waals surface area contributed by atoms with Crippen LogP contribution < -0.4 is 5.32 Å². The number of nitrogens with zero attached hydrogens (tertiary/aromatic N) is 1. The van der Waals surface area contributed by atoms with Crippen LogP contribution in [0.5, 0.6) is 0 Å². The monoisotopic (exact) mass is 320 g/mol. The maximum absolute atomic E-state index is 11.9. The van der Waals surface area contributed by atoms with Crippen molar-refractivity contribution >= 4 is 34.1 Å². The van der Waals surface area contributed by atoms with Crippen LogP contribution in [0.3, 0.4) is 0 Å². The highest BCUT2D eigenvalue weighted by Crippen LogP contribution is 2.27. The molecule has 1 aromatic heterocycles. The third kappa shape index (κ3) is 4.06. The Morgan fingerprint density at radius 3 is 3.05 bits per heavy atom. The largest absolute Gasteiger partial charge is 0.375 e. The van der Waals surface area contributed by atoms with E-state index in [0.29, 0.717) is 17.5 Å². The van der Waals surface area contributed by atoms with Crippen LogP contribution in [0.25, 0.3) is 0 Å². The fraction of sp³-hybridized carbons (Fsp3) is 0.333. The summed E-state index contributed by atoms with van der Waals surface area (Å²) in [4.78, 5) is 17.5. The van der Waals surface area contributed by atoms with E-state index in [4.69, 9.17) is 4.74 Å². The summed E-state index contributed by atoms with van der Waals surface area (Å²) in [5.74, 6) is 1.29. The average molecular weight is 320 g/mol. The minimum Gasteiger partial charge on any atom is -0.375 e. The van der Waals surface area contributed by atoms with Crippen molar-refractivity contribution in [1.29, 1.82) is 0 Å². The van der Waals surface area contributed by atoms with Gasteiger partial charge < -0.3 is 10.1 Å². The zero-order valence-corrected chi connectivity index (χ0v) is 13.1. The molecule has 110 valence electrons. The standard InChI is InChI=1S/C15H16N2O2S2/c18-14(10-20-9-11-4-2-1-3-5-11)17-15-16-12-6-7-19-8-13(12)21-15/h1-5H,6-10H2,(H,16,17,18). The number of thioether (sulfide) groups is 1. The molecule has 21 heavy (non-hydrogen) atoms. The van der Waals surface area contributed by atoms with Gasteiger partial charge in [-0.25, -0.2) is 4.98 Å². The summed E-state index contributed by atoms with van der Waals surface area (Å²) in [5.41, 5.74) is 2.30. The van der Waals surface area contributed by atoms with Crippen LogP contribution in [0, 0.1) is 0 Å². The van der Waals surface area contributed by atoms with Gasteiger partial charge in [-0.15, -0.1) is 11.8 Å². The number of carbonyl (C=O) groups excluding carboxylic acids is 1. The van der Waals surface area contributed by atoms with Crippen LogP contribution in [-0.4, -0.2) is 23.3 Å². The van der Waals surface area contributed by atoms with E-state index in [2.05, 4.69) is 22.4 Å². The number of anilines is 1. The maximum atomic E-state index is 11.9. The second kappa shape index (κ2) is 7.06. The van der Waals surface area contributed by atoms with Crippen molar-refractivity contribution < 1.29 is 9.53 Å². The number of benzene rings is 1. The molecule has 0 bridgehead atoms. The van der Waals surface area contributed by atoms with Crippen molar-refractivity contribution in [3.05, 3.63) is 46.5 Å². The molecule has 0 atom stereocenters. The Morgan fingerprint density at radius 1 is 1.38 bits per heavy atom. The molecule has 6 heteroatoms. The Labute approximate surface area is 131 Å². The number of carbonyl (C=O) groups is 1. The second-order valence-electron chi connectivity index (χ2n) is 4.72. The minimum absolute atomic E-state index is 0.00273. The number of hydrogen-bond acceptors (Lipinski definition) is 5. The first-order valence-electron chi connectivity index (χ1n) is 6.79. The Bertz CT molecular complexity index is 590. The Balaban J connectivity index is 1.47. The van der Waals surface area contributed by atoms with Crippen molar-refractivity contribution in [2.24, 2.45) is 0 Å². The lowest BCUT2D eigenvalue weighted by Gasteiger charge is -2.08. The third-order valence-electron chi connectivity index (χ3n) is 3.09. The quantitative estimate of drug-likeness (QED) is 0.920. The highest BCUT2D eigenvalue weighted by atomic mass is 32.2. The summed E-state index contributed by atoms with van der Waals surface area (Å²) in [6.07, 6.45) is 0.838. The number of aromatic nitrogens is 1. The van der Waals surface area contributed by atoms with E-state index < -0.39 is 0 Å². The number of rotatable bonds is 5. The molecular formula is C15H16N2O2S2. The highest BCUT2D eigenvalue weighted by molar-refractivity contribution is 7.99. The zero-order chi connectivity index (χ0) is 14.5. The highest BCUT2D eigenvalue weighted by Gasteiger charge is 2.16. The summed E-state index contributed by atoms with van der Waals surface area (Å²) in [6, 6.07) is 10.2. The molecule has 0 radical (unpaired) electrons. The lowest BCUT2D eigenvalue weighted by Crippen LogP contribution is -2.14. The molecule has 0 unspecified atom stereocenters. The van der Waals surface area contributed by atoms with Gasteiger partial charge in [0.05, 0.1) is 29.5 Å². The molecule has 0 aliphatic carbocycles. The first-order chi connectivity index (χ1) is 10.3. The van der Waals surface area contributed by atoms with Crippen LogP contribution in [0.1, 0.15) is 16.1 Å². The van der Waals surface area contributed by atoms with Gasteiger partial charge in [0.1, 0.15) is 0 Å². The fourth-order valence-electron chi connectivity index (χ4n) is 2.07. The molecule has 1 aliphatic rings. The molecule has 0 fully saturated rings. The predicted octanol–water partition coefficient (Wildman–Crippen LogP) is 3.09. The molecule has 1 amide bonds. The van der Waals surface area contributed by atoms with E-state index in [0.717, 1.165) is 29.4 Å². The van der Waals surface area contributed by atoms with Crippen molar-refractivity contribution in [2.75, 3.05) is 17.7 Å². The van der Waals surface area contributed by atoms with E-state index >= 15 is 0 Å². The number of ether oxygens (including phenoxy) is 1. The number of amides is 1. The summed E-state index contributed by atoms with van der Waals surface area (Å²) in [6.45, 7) is 1.34. The van der Waals surface area contributed by atoms with E-state index in [9.17, 15) is 4.79 Å². The average Bonchev–Trinajstić information content (AvgIpc) is 2.90. The molecule has 0 spiro atoms. The van der Waals surface area contributed by atoms with E-state index in [1.807, 2.05) is 18.2 Å². The summed E-state index contributed by atoms with van der Waals surface area (Å²) in [5, 5.41) is 3.57. The smallest absolute Gasteiger partial charge is 0.236 e. The topological polar surface area (TPSA) is 51.2 Å². The zero-order valence-electron chi connectivity index (χ0n) is 11.5. The van der Waals surface area contributed by atoms with Crippen LogP contribution in [0.4, 0.5) is 5.13 Å². The lowest BCUT2D eigenvalue weighted by atomic mass is 10.2. The molecule has 3 rings (SSSR count). The predicted molar refractivity (Wildman–Crippen MR) is 86.7 cm³/mol. The van der Waals surface area contributed by atoms with Gasteiger partial charge in [0, 0.05) is 12.2 Å². The number of thiazole rings is 1. The van der Waals surface area contributed by atoms with Crippen molar-refractivity contribution in [1.82, 2.24) is 4.98 Å². The SMILES string of the molecule is O=C(CSCc1ccccc1)Nc1nc2c(s1)COCC2. The van der Waals surface area contributed by atoms with E-state index in [-0.39, 0.29) is 5.91 Å². The van der Waals surface area contributed by atoms with E-state index in [1.165, 1.54) is 16.9 Å². The van der Waals surface area contributed by atoms with Gasteiger partial charge >= 0.3 is 0 Å². The van der Waals surface area contributed by atoms with Crippen LogP contribution >= 0.6 is 23.1 Å². The summed E-state index contributed by atoms with van der Waals surface area (Å²) in [7, 11) is 0. The lowest BCUT2D eigenvalue weighted by molar-refractivity contribution is -0.113. The molecule has 1 aliphatic heterocycles. The number of nitrogens with one attached hydrogen (secondary N) is 1. The number of hydrogen-bond donors (Lipinski definition) is 1. The summed E-state index contributed by atoms with van der Waals surface area (Å²) >= 11 is 3.12. The first kappa shape index (κ1) is 14.6. The van der Waals surface area contributed by atoms with Crippen LogP contribution in [0.2, 0.25) is 0 Å². The molecule has 0 saturated carbocycles. The van der Waals surface area contributed by atoms with Crippen LogP contribution in [0.15, 0.2) is 30.3 Å². The summed E-state index contributed by atoms with van der Waals surface area (Å²) < 4.78 is 5.38. The third-order valence-corrected chi connectivity index (χ3v) is 5.08. The van der Waals surface area contributed by atoms with Gasteiger partial charge in [-0.05, 0) is 5.56 Å². The molecule has 2 aromatic rings. The van der Waals surface area contributed by atoms with Crippen molar-refractivity contribution in [3.8, 4) is 0 Å². The fourth-order valence-corrected chi connectivity index (χ4v) is 3.82. The molecule has 2 heterocycles. The molecule has 4 nitrogen and oxygen atoms in total. The van der Waals surface area contributed by atoms with Gasteiger partial charge in [-0.1, -0.05) is 41.7 Å². The van der Waals surface area contributed by atoms with Crippen molar-refractivity contribution in [3.63, 3.8) is 0 Å². The van der Waals surface area contributed by atoms with Gasteiger partial charge in [0.2, 0.25) is 5.91 Å². The second-order valence-corrected chi connectivity index (χ2v) is 6.79. The van der Waals surface area contributed by atoms with Gasteiger partial charge in [-0.3, -0.25) is 4.79 Å². The Morgan fingerprint density at radius 2 is 2.24 bits per heavy atom. The maximum Gasteiger partial charge on any atom is 0.236 e. The van der Waals surface area contributed by atoms with Crippen LogP contribution in [-0.2, 0) is 28.3 Å². The number of fused-ring (bicyclic) bond motifs is 1. The molecule has 1 N–H and O–H groups in total. The normalized spacial score (nSPS) is 13.7. The Kier molecular flexibility index (Phi) is 4.90.